The van der Waals surface area contributed by atoms with E-state index in [1.807, 2.05) is 0 Å². The molecule has 1 aromatic rings. The predicted octanol–water partition coefficient (Wildman–Crippen LogP) is -1.78. The molecule has 3 heterocycles. The summed E-state index contributed by atoms with van der Waals surface area (Å²) in [5, 5.41) is 15.0. The second-order valence-electron chi connectivity index (χ2n) is 12.5. The molecular formula is C34H46N4O22. The Bertz CT molecular complexity index is 1540. The van der Waals surface area contributed by atoms with E-state index in [9.17, 15) is 38.4 Å². The molecule has 60 heavy (non-hydrogen) atoms. The lowest BCUT2D eigenvalue weighted by molar-refractivity contribution is -0.308. The molecule has 26 heteroatoms. The van der Waals surface area contributed by atoms with Gasteiger partial charge in [0.15, 0.2) is 49.2 Å². The van der Waals surface area contributed by atoms with E-state index >= 15 is 0 Å². The Morgan fingerprint density at radius 1 is 0.400 bits per heavy atom. The molecule has 0 spiro atoms. The Morgan fingerprint density at radius 2 is 0.683 bits per heavy atom. The highest BCUT2D eigenvalue weighted by Crippen LogP contribution is 2.31. The van der Waals surface area contributed by atoms with Crippen molar-refractivity contribution in [1.82, 2.24) is 20.4 Å². The van der Waals surface area contributed by atoms with Crippen LogP contribution >= 0.6 is 0 Å². The summed E-state index contributed by atoms with van der Waals surface area (Å²) in [4.78, 5) is 94.9. The maximum atomic E-state index is 12.0. The second kappa shape index (κ2) is 23.7. The first kappa shape index (κ1) is 48.5. The van der Waals surface area contributed by atoms with Crippen molar-refractivity contribution in [3.63, 3.8) is 0 Å². The maximum Gasteiger partial charge on any atom is 0.355 e. The number of nitrogens with zero attached hydrogens (tertiary/aromatic N) is 4. The Morgan fingerprint density at radius 3 is 0.967 bits per heavy atom. The second-order valence-corrected chi connectivity index (χ2v) is 12.5. The summed E-state index contributed by atoms with van der Waals surface area (Å²) in [6, 6.07) is -0.664. The standard InChI is InChI=1S/C34H46N4O22/c1-15(39)51-13-23-25(53-17(3)41)27(55-19(5)43)29(57-21(7)45)31(59-23)47-9-11-49-33-35-37-34(38-36-33)50-12-10-48-32-30(58-22(8)46)28(56-20(6)44)26(54-18(4)42)24(60-32)14-52-16(2)40/h23-32H,9-14H2,1-8H3/t23-,24-,25+,26+,27+,28+,29-,30-,31-,32-/m1/s1. The molecular weight excluding hydrogens is 816 g/mol. The Hall–Kier alpha value is -5.86. The first-order valence-electron chi connectivity index (χ1n) is 18.0. The topological polar surface area (TPSA) is 317 Å². The molecule has 0 N–H and O–H groups in total. The number of carbonyl (C=O) groups excluding carboxylic acids is 8. The van der Waals surface area contributed by atoms with Crippen LogP contribution < -0.4 is 9.47 Å². The van der Waals surface area contributed by atoms with Crippen LogP contribution in [-0.2, 0) is 95.2 Å². The van der Waals surface area contributed by atoms with Crippen molar-refractivity contribution in [3.05, 3.63) is 0 Å². The summed E-state index contributed by atoms with van der Waals surface area (Å²) in [5.74, 6) is -6.22. The molecule has 0 radical (unpaired) electrons. The van der Waals surface area contributed by atoms with Gasteiger partial charge < -0.3 is 66.3 Å². The summed E-state index contributed by atoms with van der Waals surface area (Å²) in [7, 11) is 0. The van der Waals surface area contributed by atoms with Crippen molar-refractivity contribution >= 4 is 47.8 Å². The summed E-state index contributed by atoms with van der Waals surface area (Å²) in [6.45, 7) is 6.77. The van der Waals surface area contributed by atoms with Crippen LogP contribution in [0.5, 0.6) is 12.0 Å². The van der Waals surface area contributed by atoms with Crippen molar-refractivity contribution < 1.29 is 105 Å². The fraction of sp³-hybridized carbons (Fsp3) is 0.706. The fourth-order valence-electron chi connectivity index (χ4n) is 5.57. The van der Waals surface area contributed by atoms with Gasteiger partial charge >= 0.3 is 59.8 Å². The molecule has 0 unspecified atom stereocenters. The van der Waals surface area contributed by atoms with Crippen LogP contribution in [0.25, 0.3) is 0 Å². The molecule has 2 aliphatic heterocycles. The zero-order chi connectivity index (χ0) is 44.5. The van der Waals surface area contributed by atoms with Gasteiger partial charge in [-0.2, -0.15) is 0 Å². The van der Waals surface area contributed by atoms with Crippen molar-refractivity contribution in [2.24, 2.45) is 0 Å². The molecule has 10 atom stereocenters. The molecule has 0 saturated carbocycles. The van der Waals surface area contributed by atoms with Crippen LogP contribution in [0.4, 0.5) is 0 Å². The van der Waals surface area contributed by atoms with Crippen molar-refractivity contribution in [2.45, 2.75) is 117 Å². The third-order valence-electron chi connectivity index (χ3n) is 7.53. The largest absolute Gasteiger partial charge is 0.463 e. The summed E-state index contributed by atoms with van der Waals surface area (Å²) >= 11 is 0. The van der Waals surface area contributed by atoms with Crippen molar-refractivity contribution in [3.8, 4) is 12.0 Å². The summed E-state index contributed by atoms with van der Waals surface area (Å²) in [6.07, 6.45) is -13.8. The first-order chi connectivity index (χ1) is 28.3. The lowest BCUT2D eigenvalue weighted by Gasteiger charge is -2.44. The maximum absolute atomic E-state index is 12.0. The van der Waals surface area contributed by atoms with E-state index in [-0.39, 0.29) is 38.4 Å². The molecule has 1 aromatic heterocycles. The lowest BCUT2D eigenvalue weighted by atomic mass is 9.98. The molecule has 0 aromatic carbocycles. The number of hydrogen-bond acceptors (Lipinski definition) is 26. The van der Waals surface area contributed by atoms with Crippen molar-refractivity contribution in [1.29, 1.82) is 0 Å². The molecule has 26 nitrogen and oxygen atoms in total. The minimum Gasteiger partial charge on any atom is -0.463 e. The number of esters is 8. The van der Waals surface area contributed by atoms with Gasteiger partial charge in [-0.15, -0.1) is 0 Å². The Labute approximate surface area is 341 Å². The highest BCUT2D eigenvalue weighted by Gasteiger charge is 2.54. The van der Waals surface area contributed by atoms with E-state index in [0.717, 1.165) is 55.4 Å². The molecule has 2 aliphatic rings. The zero-order valence-corrected chi connectivity index (χ0v) is 33.8. The number of ether oxygens (including phenoxy) is 14. The smallest absolute Gasteiger partial charge is 0.355 e. The van der Waals surface area contributed by atoms with E-state index in [1.165, 1.54) is 0 Å². The minimum atomic E-state index is -1.45. The summed E-state index contributed by atoms with van der Waals surface area (Å²) < 4.78 is 76.0. The van der Waals surface area contributed by atoms with Crippen LogP contribution in [0.2, 0.25) is 0 Å². The lowest BCUT2D eigenvalue weighted by Crippen LogP contribution is -2.63. The summed E-state index contributed by atoms with van der Waals surface area (Å²) in [5.41, 5.74) is 0. The highest BCUT2D eigenvalue weighted by molar-refractivity contribution is 5.70. The van der Waals surface area contributed by atoms with Gasteiger partial charge in [0.05, 0.1) is 13.2 Å². The molecule has 334 valence electrons. The van der Waals surface area contributed by atoms with Gasteiger partial charge in [-0.25, -0.2) is 0 Å². The van der Waals surface area contributed by atoms with Gasteiger partial charge in [-0.1, -0.05) is 20.4 Å². The number of aromatic nitrogens is 4. The van der Waals surface area contributed by atoms with E-state index in [4.69, 9.17) is 66.3 Å². The van der Waals surface area contributed by atoms with Gasteiger partial charge in [0.1, 0.15) is 38.6 Å². The van der Waals surface area contributed by atoms with Gasteiger partial charge in [0.2, 0.25) is 0 Å². The molecule has 0 bridgehead atoms. The van der Waals surface area contributed by atoms with Gasteiger partial charge in [0, 0.05) is 55.4 Å². The fourth-order valence-corrected chi connectivity index (χ4v) is 5.57. The number of carbonyl (C=O) groups is 8. The molecule has 2 fully saturated rings. The zero-order valence-electron chi connectivity index (χ0n) is 33.8. The van der Waals surface area contributed by atoms with Crippen LogP contribution in [0, 0.1) is 0 Å². The average Bonchev–Trinajstić information content (AvgIpc) is 3.14. The van der Waals surface area contributed by atoms with Crippen LogP contribution in [0.3, 0.4) is 0 Å². The molecule has 2 saturated heterocycles. The van der Waals surface area contributed by atoms with E-state index in [2.05, 4.69) is 20.4 Å². The monoisotopic (exact) mass is 862 g/mol. The Balaban J connectivity index is 1.61. The Kier molecular flexibility index (Phi) is 19.1. The molecule has 0 amide bonds. The number of rotatable bonds is 20. The third kappa shape index (κ3) is 16.1. The van der Waals surface area contributed by atoms with Crippen LogP contribution in [0.1, 0.15) is 55.4 Å². The highest BCUT2D eigenvalue weighted by atomic mass is 16.8. The van der Waals surface area contributed by atoms with E-state index in [1.54, 1.807) is 0 Å². The SMILES string of the molecule is CC(=O)OC[C@H]1O[C@@H](OCCOc2nnc(OCCO[C@@H]3O[C@H](COC(C)=O)[C@H](OC(C)=O)[C@H](OC(C)=O)[C@H]3OC(C)=O)nn2)[C@H](OC(C)=O)[C@@H](OC(C)=O)[C@H]1OC(C)=O. The van der Waals surface area contributed by atoms with Crippen molar-refractivity contribution in [2.75, 3.05) is 39.6 Å². The average molecular weight is 863 g/mol. The molecule has 3 rings (SSSR count). The van der Waals surface area contributed by atoms with Gasteiger partial charge in [-0.05, 0) is 0 Å². The molecule has 0 aliphatic carbocycles. The third-order valence-corrected chi connectivity index (χ3v) is 7.53. The number of hydrogen-bond donors (Lipinski definition) is 0. The van der Waals surface area contributed by atoms with Crippen LogP contribution in [-0.4, -0.2) is 169 Å². The quantitative estimate of drug-likeness (QED) is 0.0795. The predicted molar refractivity (Wildman–Crippen MR) is 184 cm³/mol. The van der Waals surface area contributed by atoms with E-state index < -0.39 is 122 Å². The van der Waals surface area contributed by atoms with E-state index in [0.29, 0.717) is 0 Å². The van der Waals surface area contributed by atoms with Gasteiger partial charge in [0.25, 0.3) is 0 Å². The van der Waals surface area contributed by atoms with Crippen LogP contribution in [0.15, 0.2) is 0 Å². The van der Waals surface area contributed by atoms with Gasteiger partial charge in [-0.3, -0.25) is 38.4 Å². The minimum absolute atomic E-state index is 0.264. The first-order valence-corrected chi connectivity index (χ1v) is 18.0. The normalized spacial score (nSPS) is 25.9.